The van der Waals surface area contributed by atoms with Crippen LogP contribution in [-0.2, 0) is 5.41 Å². The third kappa shape index (κ3) is 1.55. The van der Waals surface area contributed by atoms with E-state index >= 15 is 0 Å². The summed E-state index contributed by atoms with van der Waals surface area (Å²) in [6.07, 6.45) is 1.56. The number of nitriles is 1. The summed E-state index contributed by atoms with van der Waals surface area (Å²) in [6, 6.07) is 6.47. The molecule has 0 amide bonds. The van der Waals surface area contributed by atoms with Gasteiger partial charge in [-0.25, -0.2) is 0 Å². The molecule has 0 aromatic heterocycles. The molecule has 1 aliphatic rings. The predicted molar refractivity (Wildman–Crippen MR) is 54.6 cm³/mol. The number of non-ortho nitro benzene ring substituents is 1. The highest BCUT2D eigenvalue weighted by Gasteiger charge is 2.46. The Hall–Kier alpha value is -1.60. The quantitative estimate of drug-likeness (QED) is 0.571. The van der Waals surface area contributed by atoms with Gasteiger partial charge in [-0.3, -0.25) is 10.1 Å². The van der Waals surface area contributed by atoms with Gasteiger partial charge in [-0.05, 0) is 24.5 Å². The van der Waals surface area contributed by atoms with Gasteiger partial charge in [0, 0.05) is 12.1 Å². The summed E-state index contributed by atoms with van der Waals surface area (Å²) in [5.41, 5.74) is 0.168. The molecule has 0 spiro atoms. The number of benzene rings is 1. The first kappa shape index (κ1) is 9.94. The summed E-state index contributed by atoms with van der Waals surface area (Å²) < 4.78 is 0. The fourth-order valence-corrected chi connectivity index (χ4v) is 1.93. The number of halogens is 1. The van der Waals surface area contributed by atoms with Crippen LogP contribution < -0.4 is 0 Å². The van der Waals surface area contributed by atoms with Crippen LogP contribution in [0.25, 0.3) is 0 Å². The number of nitro groups is 1. The van der Waals surface area contributed by atoms with E-state index in [0.717, 1.165) is 12.8 Å². The summed E-state index contributed by atoms with van der Waals surface area (Å²) in [6.45, 7) is 0. The molecule has 76 valence electrons. The average molecular weight is 223 g/mol. The van der Waals surface area contributed by atoms with E-state index in [2.05, 4.69) is 6.07 Å². The second-order valence-corrected chi connectivity index (χ2v) is 4.02. The van der Waals surface area contributed by atoms with E-state index in [1.54, 1.807) is 6.07 Å². The molecule has 0 N–H and O–H groups in total. The third-order valence-electron chi connectivity index (χ3n) is 2.64. The summed E-state index contributed by atoms with van der Waals surface area (Å²) >= 11 is 5.92. The van der Waals surface area contributed by atoms with Crippen molar-refractivity contribution in [1.82, 2.24) is 0 Å². The molecular formula is C10H7ClN2O2. The van der Waals surface area contributed by atoms with Crippen molar-refractivity contribution in [3.63, 3.8) is 0 Å². The van der Waals surface area contributed by atoms with Crippen LogP contribution in [0.15, 0.2) is 18.2 Å². The first-order chi connectivity index (χ1) is 7.09. The Labute approximate surface area is 91.2 Å². The van der Waals surface area contributed by atoms with Gasteiger partial charge in [0.25, 0.3) is 5.69 Å². The molecule has 0 radical (unpaired) electrons. The van der Waals surface area contributed by atoms with Gasteiger partial charge in [-0.15, -0.1) is 0 Å². The summed E-state index contributed by atoms with van der Waals surface area (Å²) in [7, 11) is 0. The van der Waals surface area contributed by atoms with Gasteiger partial charge >= 0.3 is 0 Å². The minimum absolute atomic E-state index is 0.0440. The molecule has 1 saturated carbocycles. The number of nitrogens with zero attached hydrogens (tertiary/aromatic N) is 2. The summed E-state index contributed by atoms with van der Waals surface area (Å²) in [5.74, 6) is 0. The standard InChI is InChI=1S/C10H7ClN2O2/c11-9-5-7(13(14)15)1-2-8(9)10(6-12)3-4-10/h1-2,5H,3-4H2. The second-order valence-electron chi connectivity index (χ2n) is 3.62. The molecule has 0 unspecified atom stereocenters. The molecule has 0 bridgehead atoms. The molecule has 0 atom stereocenters. The Morgan fingerprint density at radius 1 is 1.53 bits per heavy atom. The Morgan fingerprint density at radius 2 is 2.20 bits per heavy atom. The largest absolute Gasteiger partial charge is 0.270 e. The number of rotatable bonds is 2. The highest BCUT2D eigenvalue weighted by Crippen LogP contribution is 2.50. The highest BCUT2D eigenvalue weighted by molar-refractivity contribution is 6.31. The maximum Gasteiger partial charge on any atom is 0.270 e. The van der Waals surface area contributed by atoms with Crippen LogP contribution in [-0.4, -0.2) is 4.92 Å². The molecule has 0 heterocycles. The maximum atomic E-state index is 10.5. The van der Waals surface area contributed by atoms with Gasteiger partial charge in [-0.1, -0.05) is 11.6 Å². The molecular weight excluding hydrogens is 216 g/mol. The molecule has 5 heteroatoms. The van der Waals surface area contributed by atoms with Gasteiger partial charge in [-0.2, -0.15) is 5.26 Å². The van der Waals surface area contributed by atoms with E-state index in [4.69, 9.17) is 16.9 Å². The maximum absolute atomic E-state index is 10.5. The molecule has 1 aromatic rings. The van der Waals surface area contributed by atoms with Crippen molar-refractivity contribution in [1.29, 1.82) is 5.26 Å². The average Bonchev–Trinajstić information content (AvgIpc) is 2.98. The molecule has 0 saturated heterocycles. The Morgan fingerprint density at radius 3 is 2.60 bits per heavy atom. The molecule has 1 fully saturated rings. The van der Waals surface area contributed by atoms with E-state index in [1.165, 1.54) is 12.1 Å². The first-order valence-corrected chi connectivity index (χ1v) is 4.82. The van der Waals surface area contributed by atoms with Crippen LogP contribution in [0.2, 0.25) is 5.02 Å². The Balaban J connectivity index is 2.45. The van der Waals surface area contributed by atoms with Crippen LogP contribution in [0.3, 0.4) is 0 Å². The van der Waals surface area contributed by atoms with Crippen LogP contribution in [0, 0.1) is 21.4 Å². The van der Waals surface area contributed by atoms with Crippen molar-refractivity contribution >= 4 is 17.3 Å². The Bertz CT molecular complexity index is 475. The van der Waals surface area contributed by atoms with Crippen molar-refractivity contribution in [2.75, 3.05) is 0 Å². The lowest BCUT2D eigenvalue weighted by Crippen LogP contribution is -2.03. The van der Waals surface area contributed by atoms with Gasteiger partial charge in [0.15, 0.2) is 0 Å². The molecule has 4 nitrogen and oxygen atoms in total. The van der Waals surface area contributed by atoms with Crippen LogP contribution in [0.4, 0.5) is 5.69 Å². The first-order valence-electron chi connectivity index (χ1n) is 4.45. The molecule has 1 aromatic carbocycles. The second kappa shape index (κ2) is 3.21. The van der Waals surface area contributed by atoms with E-state index in [9.17, 15) is 10.1 Å². The van der Waals surface area contributed by atoms with Crippen molar-refractivity contribution in [2.24, 2.45) is 0 Å². The normalized spacial score (nSPS) is 16.8. The Kier molecular flexibility index (Phi) is 2.13. The van der Waals surface area contributed by atoms with E-state index < -0.39 is 10.3 Å². The minimum Gasteiger partial charge on any atom is -0.258 e. The smallest absolute Gasteiger partial charge is 0.258 e. The molecule has 15 heavy (non-hydrogen) atoms. The molecule has 0 aliphatic heterocycles. The lowest BCUT2D eigenvalue weighted by Gasteiger charge is -2.07. The van der Waals surface area contributed by atoms with E-state index in [1.807, 2.05) is 0 Å². The van der Waals surface area contributed by atoms with Gasteiger partial charge in [0.2, 0.25) is 0 Å². The van der Waals surface area contributed by atoms with E-state index in [0.29, 0.717) is 10.6 Å². The zero-order chi connectivity index (χ0) is 11.1. The van der Waals surface area contributed by atoms with Crippen molar-refractivity contribution < 1.29 is 4.92 Å². The lowest BCUT2D eigenvalue weighted by molar-refractivity contribution is -0.384. The van der Waals surface area contributed by atoms with Gasteiger partial charge in [0.05, 0.1) is 21.4 Å². The number of nitro benzene ring substituents is 1. The fraction of sp³-hybridized carbons (Fsp3) is 0.300. The van der Waals surface area contributed by atoms with Crippen LogP contribution in [0.1, 0.15) is 18.4 Å². The van der Waals surface area contributed by atoms with Crippen LogP contribution >= 0.6 is 11.6 Å². The van der Waals surface area contributed by atoms with Crippen LogP contribution in [0.5, 0.6) is 0 Å². The van der Waals surface area contributed by atoms with Crippen molar-refractivity contribution in [3.05, 3.63) is 38.9 Å². The topological polar surface area (TPSA) is 66.9 Å². The lowest BCUT2D eigenvalue weighted by atomic mass is 9.97. The highest BCUT2D eigenvalue weighted by atomic mass is 35.5. The zero-order valence-corrected chi connectivity index (χ0v) is 8.49. The summed E-state index contributed by atoms with van der Waals surface area (Å²) in [4.78, 5) is 9.98. The SMILES string of the molecule is N#CC1(c2ccc([N+](=O)[O-])cc2Cl)CC1. The summed E-state index contributed by atoms with van der Waals surface area (Å²) in [5, 5.41) is 19.8. The van der Waals surface area contributed by atoms with Gasteiger partial charge < -0.3 is 0 Å². The van der Waals surface area contributed by atoms with Crippen molar-refractivity contribution in [2.45, 2.75) is 18.3 Å². The molecule has 2 rings (SSSR count). The fourth-order valence-electron chi connectivity index (χ4n) is 1.57. The predicted octanol–water partition coefficient (Wildman–Crippen LogP) is 2.80. The third-order valence-corrected chi connectivity index (χ3v) is 2.96. The van der Waals surface area contributed by atoms with Crippen molar-refractivity contribution in [3.8, 4) is 6.07 Å². The number of hydrogen-bond acceptors (Lipinski definition) is 3. The molecule has 1 aliphatic carbocycles. The van der Waals surface area contributed by atoms with Gasteiger partial charge in [0.1, 0.15) is 0 Å². The zero-order valence-electron chi connectivity index (χ0n) is 7.74. The monoisotopic (exact) mass is 222 g/mol. The van der Waals surface area contributed by atoms with E-state index in [-0.39, 0.29) is 5.69 Å². The minimum atomic E-state index is -0.498. The number of hydrogen-bond donors (Lipinski definition) is 0.